The van der Waals surface area contributed by atoms with Gasteiger partial charge in [0.05, 0.1) is 5.92 Å². The SMILES string of the molecule is O=C(O)C(O)C(Cc1ccccc1)C(=O)O. The number of rotatable bonds is 5. The minimum absolute atomic E-state index is 0.0103. The third kappa shape index (κ3) is 3.06. The zero-order valence-electron chi connectivity index (χ0n) is 8.41. The van der Waals surface area contributed by atoms with Crippen molar-refractivity contribution in [2.24, 2.45) is 5.92 Å². The summed E-state index contributed by atoms with van der Waals surface area (Å²) in [4.78, 5) is 21.3. The summed E-state index contributed by atoms with van der Waals surface area (Å²) >= 11 is 0. The third-order valence-electron chi connectivity index (χ3n) is 2.25. The van der Waals surface area contributed by atoms with Crippen LogP contribution in [0.1, 0.15) is 5.56 Å². The lowest BCUT2D eigenvalue weighted by molar-refractivity contribution is -0.159. The Morgan fingerprint density at radius 2 is 1.62 bits per heavy atom. The van der Waals surface area contributed by atoms with Crippen LogP contribution in [0, 0.1) is 5.92 Å². The molecule has 0 fully saturated rings. The van der Waals surface area contributed by atoms with Gasteiger partial charge in [-0.1, -0.05) is 30.3 Å². The van der Waals surface area contributed by atoms with Crippen LogP contribution in [0.2, 0.25) is 0 Å². The summed E-state index contributed by atoms with van der Waals surface area (Å²) in [6, 6.07) is 8.59. The number of hydrogen-bond donors (Lipinski definition) is 3. The molecule has 0 aliphatic rings. The Kier molecular flexibility index (Phi) is 4.02. The quantitative estimate of drug-likeness (QED) is 0.671. The highest BCUT2D eigenvalue weighted by Gasteiger charge is 2.31. The Bertz CT molecular complexity index is 373. The predicted molar refractivity (Wildman–Crippen MR) is 54.9 cm³/mol. The molecule has 0 aliphatic heterocycles. The zero-order valence-corrected chi connectivity index (χ0v) is 8.41. The molecular formula is C11H12O5. The average Bonchev–Trinajstić information content (AvgIpc) is 2.26. The average molecular weight is 224 g/mol. The van der Waals surface area contributed by atoms with Crippen LogP contribution in [0.3, 0.4) is 0 Å². The molecule has 0 bridgehead atoms. The number of carbonyl (C=O) groups is 2. The van der Waals surface area contributed by atoms with Crippen LogP contribution < -0.4 is 0 Å². The lowest BCUT2D eigenvalue weighted by Crippen LogP contribution is -2.36. The number of aliphatic hydroxyl groups excluding tert-OH is 1. The summed E-state index contributed by atoms with van der Waals surface area (Å²) in [6.45, 7) is 0. The molecule has 16 heavy (non-hydrogen) atoms. The van der Waals surface area contributed by atoms with E-state index >= 15 is 0 Å². The Labute approximate surface area is 92.0 Å². The molecule has 0 saturated carbocycles. The van der Waals surface area contributed by atoms with Crippen LogP contribution in [-0.2, 0) is 16.0 Å². The van der Waals surface area contributed by atoms with Crippen molar-refractivity contribution in [3.05, 3.63) is 35.9 Å². The van der Waals surface area contributed by atoms with Gasteiger partial charge in [0.15, 0.2) is 6.10 Å². The molecule has 0 spiro atoms. The van der Waals surface area contributed by atoms with Crippen LogP contribution in [0.5, 0.6) is 0 Å². The maximum absolute atomic E-state index is 10.8. The molecule has 0 saturated heterocycles. The fourth-order valence-electron chi connectivity index (χ4n) is 1.37. The largest absolute Gasteiger partial charge is 0.481 e. The van der Waals surface area contributed by atoms with Crippen molar-refractivity contribution >= 4 is 11.9 Å². The van der Waals surface area contributed by atoms with Gasteiger partial charge in [-0.25, -0.2) is 4.79 Å². The van der Waals surface area contributed by atoms with Gasteiger partial charge in [-0.15, -0.1) is 0 Å². The van der Waals surface area contributed by atoms with Crippen molar-refractivity contribution in [2.45, 2.75) is 12.5 Å². The molecule has 1 aromatic rings. The minimum atomic E-state index is -1.89. The summed E-state index contributed by atoms with van der Waals surface area (Å²) < 4.78 is 0. The molecule has 0 heterocycles. The highest BCUT2D eigenvalue weighted by molar-refractivity contribution is 5.81. The predicted octanol–water partition coefficient (Wildman–Crippen LogP) is 0.375. The van der Waals surface area contributed by atoms with E-state index in [1.165, 1.54) is 0 Å². The molecule has 0 aliphatic carbocycles. The molecule has 5 heteroatoms. The minimum Gasteiger partial charge on any atom is -0.481 e. The highest BCUT2D eigenvalue weighted by Crippen LogP contribution is 2.13. The van der Waals surface area contributed by atoms with Crippen LogP contribution in [0.4, 0.5) is 0 Å². The summed E-state index contributed by atoms with van der Waals surface area (Å²) in [5.41, 5.74) is 0.676. The van der Waals surface area contributed by atoms with Gasteiger partial charge in [0, 0.05) is 0 Å². The van der Waals surface area contributed by atoms with Crippen LogP contribution in [-0.4, -0.2) is 33.4 Å². The number of hydrogen-bond acceptors (Lipinski definition) is 3. The Balaban J connectivity index is 2.81. The molecule has 86 valence electrons. The lowest BCUT2D eigenvalue weighted by atomic mass is 9.94. The maximum atomic E-state index is 10.8. The third-order valence-corrected chi connectivity index (χ3v) is 2.25. The molecule has 0 radical (unpaired) electrons. The van der Waals surface area contributed by atoms with E-state index in [9.17, 15) is 14.7 Å². The Morgan fingerprint density at radius 3 is 2.06 bits per heavy atom. The molecule has 3 N–H and O–H groups in total. The summed E-state index contributed by atoms with van der Waals surface area (Å²) in [5.74, 6) is -4.18. The number of carboxylic acid groups (broad SMARTS) is 2. The van der Waals surface area contributed by atoms with E-state index in [1.807, 2.05) is 0 Å². The fraction of sp³-hybridized carbons (Fsp3) is 0.273. The number of carboxylic acids is 2. The van der Waals surface area contributed by atoms with Gasteiger partial charge in [0.1, 0.15) is 0 Å². The van der Waals surface area contributed by atoms with Gasteiger partial charge in [-0.05, 0) is 12.0 Å². The second-order valence-electron chi connectivity index (χ2n) is 3.42. The number of benzene rings is 1. The topological polar surface area (TPSA) is 94.8 Å². The van der Waals surface area contributed by atoms with E-state index in [0.717, 1.165) is 0 Å². The summed E-state index contributed by atoms with van der Waals surface area (Å²) in [6.07, 6.45) is -1.90. The number of aliphatic hydroxyl groups is 1. The van der Waals surface area contributed by atoms with Gasteiger partial charge in [0.25, 0.3) is 0 Å². The van der Waals surface area contributed by atoms with Gasteiger partial charge in [0.2, 0.25) is 0 Å². The second-order valence-corrected chi connectivity index (χ2v) is 3.42. The van der Waals surface area contributed by atoms with Crippen LogP contribution in [0.15, 0.2) is 30.3 Å². The first-order chi connectivity index (χ1) is 7.52. The number of aliphatic carboxylic acids is 2. The van der Waals surface area contributed by atoms with E-state index < -0.39 is 24.0 Å². The van der Waals surface area contributed by atoms with Crippen molar-refractivity contribution in [3.8, 4) is 0 Å². The molecule has 1 rings (SSSR count). The normalized spacial score (nSPS) is 14.1. The molecule has 1 aromatic carbocycles. The van der Waals surface area contributed by atoms with E-state index in [-0.39, 0.29) is 6.42 Å². The summed E-state index contributed by atoms with van der Waals surface area (Å²) in [5, 5.41) is 26.6. The van der Waals surface area contributed by atoms with E-state index in [4.69, 9.17) is 10.2 Å². The van der Waals surface area contributed by atoms with E-state index in [2.05, 4.69) is 0 Å². The van der Waals surface area contributed by atoms with Gasteiger partial charge in [-0.3, -0.25) is 4.79 Å². The van der Waals surface area contributed by atoms with Gasteiger partial charge >= 0.3 is 11.9 Å². The molecule has 0 amide bonds. The standard InChI is InChI=1S/C11H12O5/c12-9(11(15)16)8(10(13)14)6-7-4-2-1-3-5-7/h1-5,8-9,12H,6H2,(H,13,14)(H,15,16). The van der Waals surface area contributed by atoms with Crippen molar-refractivity contribution in [1.82, 2.24) is 0 Å². The first-order valence-electron chi connectivity index (χ1n) is 4.70. The molecule has 0 aromatic heterocycles. The monoisotopic (exact) mass is 224 g/mol. The van der Waals surface area contributed by atoms with Crippen LogP contribution in [0.25, 0.3) is 0 Å². The smallest absolute Gasteiger partial charge is 0.333 e. The first-order valence-corrected chi connectivity index (χ1v) is 4.70. The second kappa shape index (κ2) is 5.27. The van der Waals surface area contributed by atoms with Crippen molar-refractivity contribution in [3.63, 3.8) is 0 Å². The van der Waals surface area contributed by atoms with Gasteiger partial charge < -0.3 is 15.3 Å². The van der Waals surface area contributed by atoms with Crippen molar-refractivity contribution in [2.75, 3.05) is 0 Å². The van der Waals surface area contributed by atoms with Crippen LogP contribution >= 0.6 is 0 Å². The molecule has 2 unspecified atom stereocenters. The molecule has 5 nitrogen and oxygen atoms in total. The maximum Gasteiger partial charge on any atom is 0.333 e. The summed E-state index contributed by atoms with van der Waals surface area (Å²) in [7, 11) is 0. The van der Waals surface area contributed by atoms with Crippen molar-refractivity contribution < 1.29 is 24.9 Å². The molecular weight excluding hydrogens is 212 g/mol. The lowest BCUT2D eigenvalue weighted by Gasteiger charge is -2.15. The fourth-order valence-corrected chi connectivity index (χ4v) is 1.37. The Morgan fingerprint density at radius 1 is 1.06 bits per heavy atom. The molecule has 2 atom stereocenters. The Hall–Kier alpha value is -1.88. The highest BCUT2D eigenvalue weighted by atomic mass is 16.4. The van der Waals surface area contributed by atoms with E-state index in [0.29, 0.717) is 5.56 Å². The van der Waals surface area contributed by atoms with E-state index in [1.54, 1.807) is 30.3 Å². The van der Waals surface area contributed by atoms with Gasteiger partial charge in [-0.2, -0.15) is 0 Å². The zero-order chi connectivity index (χ0) is 12.1. The first kappa shape index (κ1) is 12.2. The van der Waals surface area contributed by atoms with Crippen molar-refractivity contribution in [1.29, 1.82) is 0 Å².